The molecular weight excluding hydrogens is 436 g/mol. The van der Waals surface area contributed by atoms with Gasteiger partial charge in [0, 0.05) is 18.1 Å². The lowest BCUT2D eigenvalue weighted by Crippen LogP contribution is -2.22. The summed E-state index contributed by atoms with van der Waals surface area (Å²) < 4.78 is 12.6. The Bertz CT molecular complexity index is 1080. The van der Waals surface area contributed by atoms with Crippen molar-refractivity contribution in [2.45, 2.75) is 18.0 Å². The van der Waals surface area contributed by atoms with Crippen LogP contribution in [-0.4, -0.2) is 53.6 Å². The highest BCUT2D eigenvalue weighted by atomic mass is 35.5. The molecule has 162 valence electrons. The number of carbonyl (C=O) groups excluding carboxylic acids is 1. The van der Waals surface area contributed by atoms with Crippen LogP contribution in [0.3, 0.4) is 0 Å². The molecule has 0 unspecified atom stereocenters. The number of ketones is 1. The summed E-state index contributed by atoms with van der Waals surface area (Å²) in [5.41, 5.74) is 1.34. The second-order valence-corrected chi connectivity index (χ2v) is 8.45. The van der Waals surface area contributed by atoms with Crippen LogP contribution in [0, 0.1) is 0 Å². The fraction of sp³-hybridized carbons (Fsp3) is 0.318. The quantitative estimate of drug-likeness (QED) is 0.363. The van der Waals surface area contributed by atoms with Gasteiger partial charge in [-0.2, -0.15) is 0 Å². The highest BCUT2D eigenvalue weighted by molar-refractivity contribution is 7.99. The third-order valence-corrected chi connectivity index (χ3v) is 6.28. The van der Waals surface area contributed by atoms with Crippen LogP contribution in [0.2, 0.25) is 5.02 Å². The van der Waals surface area contributed by atoms with Crippen molar-refractivity contribution in [3.63, 3.8) is 0 Å². The average molecular weight is 459 g/mol. The number of benzene rings is 2. The molecule has 2 aromatic carbocycles. The van der Waals surface area contributed by atoms with Gasteiger partial charge in [0.15, 0.2) is 10.9 Å². The third kappa shape index (κ3) is 4.65. The van der Waals surface area contributed by atoms with E-state index in [4.69, 9.17) is 21.1 Å². The van der Waals surface area contributed by atoms with Gasteiger partial charge in [0.1, 0.15) is 11.5 Å². The first-order chi connectivity index (χ1) is 15.1. The molecule has 0 spiro atoms. The Labute approximate surface area is 190 Å². The van der Waals surface area contributed by atoms with Gasteiger partial charge >= 0.3 is 0 Å². The minimum atomic E-state index is -0.0795. The molecule has 0 N–H and O–H groups in total. The second kappa shape index (κ2) is 9.62. The maximum absolute atomic E-state index is 13.0. The molecule has 1 saturated heterocycles. The first-order valence-electron chi connectivity index (χ1n) is 9.95. The lowest BCUT2D eigenvalue weighted by atomic mass is 10.1. The molecule has 0 aliphatic carbocycles. The number of hydrogen-bond donors (Lipinski definition) is 0. The van der Waals surface area contributed by atoms with Crippen LogP contribution in [0.4, 0.5) is 5.95 Å². The zero-order valence-corrected chi connectivity index (χ0v) is 18.9. The fourth-order valence-corrected chi connectivity index (χ4v) is 4.57. The van der Waals surface area contributed by atoms with Gasteiger partial charge in [0.2, 0.25) is 5.95 Å². The summed E-state index contributed by atoms with van der Waals surface area (Å²) in [6, 6.07) is 12.8. The Kier molecular flexibility index (Phi) is 6.67. The zero-order valence-electron chi connectivity index (χ0n) is 17.4. The second-order valence-electron chi connectivity index (χ2n) is 7.07. The van der Waals surface area contributed by atoms with Crippen LogP contribution in [0.5, 0.6) is 11.5 Å². The molecule has 9 heteroatoms. The molecular formula is C22H23ClN4O3S. The number of hydrogen-bond acceptors (Lipinski definition) is 7. The van der Waals surface area contributed by atoms with Gasteiger partial charge in [-0.3, -0.25) is 9.36 Å². The monoisotopic (exact) mass is 458 g/mol. The number of rotatable bonds is 8. The van der Waals surface area contributed by atoms with Gasteiger partial charge in [-0.05, 0) is 49.2 Å². The number of Topliss-reactive ketones (excluding diaryl/α,β-unsaturated/α-hetero) is 1. The lowest BCUT2D eigenvalue weighted by Gasteiger charge is -2.18. The van der Waals surface area contributed by atoms with Crippen molar-refractivity contribution >= 4 is 35.1 Å². The van der Waals surface area contributed by atoms with Crippen molar-refractivity contribution in [1.82, 2.24) is 14.8 Å². The van der Waals surface area contributed by atoms with Crippen LogP contribution in [0.15, 0.2) is 47.6 Å². The molecule has 1 aliphatic rings. The standard InChI is InChI=1S/C22H23ClN4O3S/c1-29-17-8-9-20(30-2)18(13-17)19(28)14-31-22-25-24-21(26-10-3-4-11-26)27(22)16-7-5-6-15(23)12-16/h5-9,12-13H,3-4,10-11,14H2,1-2H3. The molecule has 4 rings (SSSR count). The molecule has 0 atom stereocenters. The third-order valence-electron chi connectivity index (χ3n) is 5.11. The maximum Gasteiger partial charge on any atom is 0.232 e. The minimum Gasteiger partial charge on any atom is -0.497 e. The van der Waals surface area contributed by atoms with E-state index in [1.807, 2.05) is 28.8 Å². The number of halogens is 1. The Morgan fingerprint density at radius 3 is 2.61 bits per heavy atom. The zero-order chi connectivity index (χ0) is 21.8. The lowest BCUT2D eigenvalue weighted by molar-refractivity contribution is 0.101. The van der Waals surface area contributed by atoms with Gasteiger partial charge < -0.3 is 14.4 Å². The van der Waals surface area contributed by atoms with Crippen molar-refractivity contribution in [3.8, 4) is 17.2 Å². The fourth-order valence-electron chi connectivity index (χ4n) is 3.56. The van der Waals surface area contributed by atoms with Gasteiger partial charge in [-0.25, -0.2) is 0 Å². The van der Waals surface area contributed by atoms with Crippen molar-refractivity contribution < 1.29 is 14.3 Å². The number of thioether (sulfide) groups is 1. The van der Waals surface area contributed by atoms with E-state index in [0.717, 1.165) is 37.6 Å². The SMILES string of the molecule is COc1ccc(OC)c(C(=O)CSc2nnc(N3CCCC3)n2-c2cccc(Cl)c2)c1. The summed E-state index contributed by atoms with van der Waals surface area (Å²) in [7, 11) is 3.11. The van der Waals surface area contributed by atoms with E-state index in [2.05, 4.69) is 15.1 Å². The summed E-state index contributed by atoms with van der Waals surface area (Å²) in [6.45, 7) is 1.87. The summed E-state index contributed by atoms with van der Waals surface area (Å²) >= 11 is 7.58. The van der Waals surface area contributed by atoms with E-state index >= 15 is 0 Å². The van der Waals surface area contributed by atoms with Crippen LogP contribution < -0.4 is 14.4 Å². The number of anilines is 1. The number of carbonyl (C=O) groups is 1. The largest absolute Gasteiger partial charge is 0.497 e. The van der Waals surface area contributed by atoms with Crippen molar-refractivity contribution in [3.05, 3.63) is 53.1 Å². The van der Waals surface area contributed by atoms with Gasteiger partial charge in [-0.15, -0.1) is 10.2 Å². The number of ether oxygens (including phenoxy) is 2. The molecule has 31 heavy (non-hydrogen) atoms. The molecule has 7 nitrogen and oxygen atoms in total. The van der Waals surface area contributed by atoms with Gasteiger partial charge in [0.05, 0.1) is 31.2 Å². The van der Waals surface area contributed by atoms with Crippen molar-refractivity contribution in [1.29, 1.82) is 0 Å². The van der Waals surface area contributed by atoms with E-state index in [0.29, 0.717) is 27.2 Å². The first kappa shape index (κ1) is 21.5. The average Bonchev–Trinajstić information content (AvgIpc) is 3.46. The van der Waals surface area contributed by atoms with E-state index < -0.39 is 0 Å². The summed E-state index contributed by atoms with van der Waals surface area (Å²) in [5, 5.41) is 10.1. The Hall–Kier alpha value is -2.71. The molecule has 2 heterocycles. The minimum absolute atomic E-state index is 0.0795. The van der Waals surface area contributed by atoms with Gasteiger partial charge in [0.25, 0.3) is 0 Å². The predicted molar refractivity (Wildman–Crippen MR) is 122 cm³/mol. The molecule has 0 bridgehead atoms. The number of nitrogens with zero attached hydrogens (tertiary/aromatic N) is 4. The van der Waals surface area contributed by atoms with Crippen LogP contribution in [-0.2, 0) is 0 Å². The molecule has 0 amide bonds. The summed E-state index contributed by atoms with van der Waals surface area (Å²) in [5.74, 6) is 1.99. The first-order valence-corrected chi connectivity index (χ1v) is 11.3. The Balaban J connectivity index is 1.62. The molecule has 1 aliphatic heterocycles. The smallest absolute Gasteiger partial charge is 0.232 e. The van der Waals surface area contributed by atoms with E-state index in [1.165, 1.54) is 11.8 Å². The molecule has 1 fully saturated rings. The predicted octanol–water partition coefficient (Wildman–Crippen LogP) is 4.51. The Morgan fingerprint density at radius 2 is 1.90 bits per heavy atom. The topological polar surface area (TPSA) is 69.5 Å². The van der Waals surface area contributed by atoms with Crippen LogP contribution in [0.1, 0.15) is 23.2 Å². The van der Waals surface area contributed by atoms with Gasteiger partial charge in [-0.1, -0.05) is 29.4 Å². The Morgan fingerprint density at radius 1 is 1.10 bits per heavy atom. The van der Waals surface area contributed by atoms with Crippen molar-refractivity contribution in [2.24, 2.45) is 0 Å². The normalized spacial score (nSPS) is 13.5. The molecule has 3 aromatic rings. The number of methoxy groups -OCH3 is 2. The van der Waals surface area contributed by atoms with Crippen molar-refractivity contribution in [2.75, 3.05) is 38.0 Å². The summed E-state index contributed by atoms with van der Waals surface area (Å²) in [4.78, 5) is 15.2. The molecule has 0 saturated carbocycles. The highest BCUT2D eigenvalue weighted by Crippen LogP contribution is 2.31. The summed E-state index contributed by atoms with van der Waals surface area (Å²) in [6.07, 6.45) is 2.25. The van der Waals surface area contributed by atoms with E-state index in [9.17, 15) is 4.79 Å². The highest BCUT2D eigenvalue weighted by Gasteiger charge is 2.23. The molecule has 1 aromatic heterocycles. The molecule has 0 radical (unpaired) electrons. The maximum atomic E-state index is 13.0. The van der Waals surface area contributed by atoms with E-state index in [1.54, 1.807) is 32.4 Å². The van der Waals surface area contributed by atoms with E-state index in [-0.39, 0.29) is 11.5 Å². The number of aromatic nitrogens is 3. The van der Waals surface area contributed by atoms with Crippen LogP contribution in [0.25, 0.3) is 5.69 Å². The van der Waals surface area contributed by atoms with Crippen LogP contribution >= 0.6 is 23.4 Å².